The molecule has 1 atom stereocenters. The number of amides is 2. The number of rotatable bonds is 13. The number of carbonyl (C=O) groups excluding carboxylic acids is 4. The number of carbonyl (C=O) groups is 4. The molecule has 236 valence electrons. The van der Waals surface area contributed by atoms with E-state index in [0.717, 1.165) is 0 Å². The minimum atomic E-state index is -1.26. The van der Waals surface area contributed by atoms with Gasteiger partial charge >= 0.3 is 24.1 Å². The highest BCUT2D eigenvalue weighted by Crippen LogP contribution is 2.23. The Kier molecular flexibility index (Phi) is 13.1. The van der Waals surface area contributed by atoms with Crippen molar-refractivity contribution in [2.24, 2.45) is 0 Å². The first kappa shape index (κ1) is 34.7. The molecule has 2 aromatic rings. The van der Waals surface area contributed by atoms with Crippen LogP contribution in [0.4, 0.5) is 9.59 Å². The molecule has 0 heterocycles. The zero-order valence-electron chi connectivity index (χ0n) is 25.8. The van der Waals surface area contributed by atoms with E-state index in [1.807, 2.05) is 0 Å². The van der Waals surface area contributed by atoms with Crippen molar-refractivity contribution in [3.63, 3.8) is 0 Å². The lowest BCUT2D eigenvalue weighted by Crippen LogP contribution is -2.34. The number of ether oxygens (including phenoxy) is 6. The van der Waals surface area contributed by atoms with Gasteiger partial charge in [0, 0.05) is 5.56 Å². The van der Waals surface area contributed by atoms with E-state index in [4.69, 9.17) is 28.4 Å². The average molecular weight is 603 g/mol. The Labute approximate surface area is 252 Å². The third kappa shape index (κ3) is 14.3. The molecule has 0 saturated carbocycles. The van der Waals surface area contributed by atoms with Gasteiger partial charge in [0.15, 0.2) is 0 Å². The van der Waals surface area contributed by atoms with Crippen molar-refractivity contribution in [3.05, 3.63) is 59.7 Å². The van der Waals surface area contributed by atoms with E-state index in [1.54, 1.807) is 90.1 Å². The normalized spacial score (nSPS) is 11.9. The van der Waals surface area contributed by atoms with E-state index >= 15 is 0 Å². The van der Waals surface area contributed by atoms with Crippen molar-refractivity contribution in [3.8, 4) is 11.5 Å². The van der Waals surface area contributed by atoms with Gasteiger partial charge in [0.2, 0.25) is 6.10 Å². The second-order valence-electron chi connectivity index (χ2n) is 11.3. The third-order valence-corrected chi connectivity index (χ3v) is 5.20. The highest BCUT2D eigenvalue weighted by molar-refractivity contribution is 5.81. The minimum Gasteiger partial charge on any atom is -0.492 e. The first-order valence-corrected chi connectivity index (χ1v) is 13.8. The fourth-order valence-electron chi connectivity index (χ4n) is 3.41. The molecule has 2 amide bonds. The van der Waals surface area contributed by atoms with Gasteiger partial charge in [-0.25, -0.2) is 14.4 Å². The van der Waals surface area contributed by atoms with Crippen LogP contribution in [0.3, 0.4) is 0 Å². The fourth-order valence-corrected chi connectivity index (χ4v) is 3.41. The number of hydrogen-bond donors (Lipinski definition) is 2. The lowest BCUT2D eigenvalue weighted by atomic mass is 10.1. The number of esters is 2. The lowest BCUT2D eigenvalue weighted by molar-refractivity contribution is -0.166. The number of methoxy groups -OCH3 is 1. The largest absolute Gasteiger partial charge is 0.492 e. The molecular formula is C31H42N2O10. The van der Waals surface area contributed by atoms with Crippen LogP contribution in [0, 0.1) is 0 Å². The summed E-state index contributed by atoms with van der Waals surface area (Å²) in [6, 6.07) is 13.2. The summed E-state index contributed by atoms with van der Waals surface area (Å²) in [5, 5.41) is 5.20. The Hall–Kier alpha value is -4.48. The molecule has 0 saturated heterocycles. The van der Waals surface area contributed by atoms with Gasteiger partial charge in [0.05, 0.1) is 26.6 Å². The summed E-state index contributed by atoms with van der Waals surface area (Å²) >= 11 is 0. The smallest absolute Gasteiger partial charge is 0.407 e. The zero-order valence-corrected chi connectivity index (χ0v) is 25.8. The molecule has 12 nitrogen and oxygen atoms in total. The summed E-state index contributed by atoms with van der Waals surface area (Å²) in [4.78, 5) is 48.5. The highest BCUT2D eigenvalue weighted by Gasteiger charge is 2.26. The van der Waals surface area contributed by atoms with Crippen LogP contribution >= 0.6 is 0 Å². The minimum absolute atomic E-state index is 0.0835. The molecule has 0 aliphatic carbocycles. The van der Waals surface area contributed by atoms with Gasteiger partial charge in [0.1, 0.15) is 35.9 Å². The van der Waals surface area contributed by atoms with Crippen molar-refractivity contribution in [1.82, 2.24) is 10.6 Å². The van der Waals surface area contributed by atoms with Gasteiger partial charge in [0.25, 0.3) is 0 Å². The monoisotopic (exact) mass is 602 g/mol. The molecule has 2 N–H and O–H groups in total. The quantitative estimate of drug-likeness (QED) is 0.191. The number of alkyl carbamates (subject to hydrolysis) is 2. The van der Waals surface area contributed by atoms with Crippen LogP contribution < -0.4 is 20.1 Å². The zero-order chi connectivity index (χ0) is 32.0. The Morgan fingerprint density at radius 1 is 0.698 bits per heavy atom. The molecular weight excluding hydrogens is 560 g/mol. The fraction of sp³-hybridized carbons (Fsp3) is 0.484. The second kappa shape index (κ2) is 16.2. The van der Waals surface area contributed by atoms with E-state index < -0.39 is 41.4 Å². The van der Waals surface area contributed by atoms with Gasteiger partial charge in [-0.15, -0.1) is 0 Å². The molecule has 0 bridgehead atoms. The van der Waals surface area contributed by atoms with Crippen molar-refractivity contribution in [1.29, 1.82) is 0 Å². The van der Waals surface area contributed by atoms with Gasteiger partial charge in [-0.3, -0.25) is 4.79 Å². The standard InChI is InChI=1S/C31H42N2O10/c1-30(2,3)42-28(36)32-16-18-39-23-12-8-21(9-13-23)20-25(34)41-26(27(35)38-7)22-10-14-24(15-11-22)40-19-17-33-29(37)43-31(4,5)6/h8-15,26H,16-20H2,1-7H3,(H,32,36)(H,33,37). The lowest BCUT2D eigenvalue weighted by Gasteiger charge is -2.19. The molecule has 0 radical (unpaired) electrons. The summed E-state index contributed by atoms with van der Waals surface area (Å²) < 4.78 is 31.8. The maximum Gasteiger partial charge on any atom is 0.407 e. The van der Waals surface area contributed by atoms with Crippen molar-refractivity contribution in [2.75, 3.05) is 33.4 Å². The molecule has 0 aromatic heterocycles. The molecule has 43 heavy (non-hydrogen) atoms. The molecule has 0 fully saturated rings. The maximum absolute atomic E-state index is 12.7. The average Bonchev–Trinajstić information content (AvgIpc) is 2.91. The van der Waals surface area contributed by atoms with Gasteiger partial charge in [-0.1, -0.05) is 24.3 Å². The molecule has 1 unspecified atom stereocenters. The van der Waals surface area contributed by atoms with Crippen LogP contribution in [0.25, 0.3) is 0 Å². The topological polar surface area (TPSA) is 148 Å². The first-order valence-electron chi connectivity index (χ1n) is 13.8. The van der Waals surface area contributed by atoms with Crippen LogP contribution in [-0.4, -0.2) is 68.7 Å². The van der Waals surface area contributed by atoms with E-state index in [2.05, 4.69) is 10.6 Å². The number of nitrogens with one attached hydrogen (secondary N) is 2. The molecule has 2 rings (SSSR count). The van der Waals surface area contributed by atoms with Crippen LogP contribution in [0.1, 0.15) is 58.8 Å². The third-order valence-electron chi connectivity index (χ3n) is 5.20. The van der Waals surface area contributed by atoms with Gasteiger partial charge in [-0.05, 0) is 71.4 Å². The van der Waals surface area contributed by atoms with Crippen molar-refractivity contribution < 1.29 is 47.6 Å². The molecule has 0 spiro atoms. The van der Waals surface area contributed by atoms with Crippen molar-refractivity contribution >= 4 is 24.1 Å². The van der Waals surface area contributed by atoms with E-state index in [0.29, 0.717) is 22.6 Å². The maximum atomic E-state index is 12.7. The Bertz CT molecular complexity index is 1200. The predicted molar refractivity (Wildman–Crippen MR) is 157 cm³/mol. The molecule has 12 heteroatoms. The number of benzene rings is 2. The van der Waals surface area contributed by atoms with Gasteiger partial charge in [-0.2, -0.15) is 0 Å². The molecule has 2 aromatic carbocycles. The SMILES string of the molecule is COC(=O)C(OC(=O)Cc1ccc(OCCNC(=O)OC(C)(C)C)cc1)c1ccc(OCCNC(=O)OC(C)(C)C)cc1. The Morgan fingerprint density at radius 3 is 1.56 bits per heavy atom. The van der Waals surface area contributed by atoms with E-state index in [1.165, 1.54) is 7.11 Å². The molecule has 0 aliphatic rings. The predicted octanol–water partition coefficient (Wildman–Crippen LogP) is 4.49. The Morgan fingerprint density at radius 2 is 1.14 bits per heavy atom. The van der Waals surface area contributed by atoms with Crippen LogP contribution in [0.2, 0.25) is 0 Å². The first-order chi connectivity index (χ1) is 20.1. The summed E-state index contributed by atoms with van der Waals surface area (Å²) in [6.45, 7) is 11.6. The van der Waals surface area contributed by atoms with Gasteiger partial charge < -0.3 is 39.1 Å². The highest BCUT2D eigenvalue weighted by atomic mass is 16.6. The summed E-state index contributed by atoms with van der Waals surface area (Å²) in [6.07, 6.45) is -2.41. The second-order valence-corrected chi connectivity index (χ2v) is 11.3. The van der Waals surface area contributed by atoms with Crippen molar-refractivity contribution in [2.45, 2.75) is 65.3 Å². The summed E-state index contributed by atoms with van der Waals surface area (Å²) in [7, 11) is 1.21. The summed E-state index contributed by atoms with van der Waals surface area (Å²) in [5.41, 5.74) is -0.118. The summed E-state index contributed by atoms with van der Waals surface area (Å²) in [5.74, 6) is -0.308. The Balaban J connectivity index is 1.83. The van der Waals surface area contributed by atoms with Crippen LogP contribution in [0.5, 0.6) is 11.5 Å². The number of hydrogen-bond acceptors (Lipinski definition) is 10. The molecule has 0 aliphatic heterocycles. The van der Waals surface area contributed by atoms with E-state index in [-0.39, 0.29) is 32.7 Å². The van der Waals surface area contributed by atoms with E-state index in [9.17, 15) is 19.2 Å². The van der Waals surface area contributed by atoms with Crippen LogP contribution in [-0.2, 0) is 35.0 Å². The van der Waals surface area contributed by atoms with Crippen LogP contribution in [0.15, 0.2) is 48.5 Å².